The van der Waals surface area contributed by atoms with E-state index in [0.717, 1.165) is 5.56 Å². The van der Waals surface area contributed by atoms with Gasteiger partial charge in [0, 0.05) is 5.41 Å². The van der Waals surface area contributed by atoms with Gasteiger partial charge in [-0.05, 0) is 30.5 Å². The third-order valence-electron chi connectivity index (χ3n) is 3.48. The van der Waals surface area contributed by atoms with Crippen molar-refractivity contribution >= 4 is 6.09 Å². The number of amides is 1. The maximum absolute atomic E-state index is 11.4. The number of ether oxygens (including phenoxy) is 1. The van der Waals surface area contributed by atoms with Gasteiger partial charge >= 0.3 is 6.09 Å². The second-order valence-corrected chi connectivity index (χ2v) is 5.49. The number of alkyl carbamates (subject to hydrolysis) is 1. The van der Waals surface area contributed by atoms with Crippen LogP contribution in [0.5, 0.6) is 0 Å². The molecule has 0 spiro atoms. The quantitative estimate of drug-likeness (QED) is 0.809. The van der Waals surface area contributed by atoms with Crippen LogP contribution in [0, 0.1) is 19.3 Å². The first kappa shape index (κ1) is 12.0. The Morgan fingerprint density at radius 3 is 2.65 bits per heavy atom. The average molecular weight is 233 g/mol. The number of carbonyl (C=O) groups excluding carboxylic acids is 1. The van der Waals surface area contributed by atoms with Crippen LogP contribution in [0.4, 0.5) is 4.79 Å². The highest BCUT2D eigenvalue weighted by atomic mass is 16.6. The first-order chi connectivity index (χ1) is 7.90. The molecule has 17 heavy (non-hydrogen) atoms. The van der Waals surface area contributed by atoms with Crippen LogP contribution in [0.2, 0.25) is 0 Å². The van der Waals surface area contributed by atoms with E-state index in [0.29, 0.717) is 6.61 Å². The van der Waals surface area contributed by atoms with E-state index in [2.05, 4.69) is 51.2 Å². The van der Waals surface area contributed by atoms with Gasteiger partial charge in [0.1, 0.15) is 6.61 Å². The van der Waals surface area contributed by atoms with E-state index in [1.54, 1.807) is 0 Å². The molecule has 1 aromatic carbocycles. The van der Waals surface area contributed by atoms with Crippen LogP contribution >= 0.6 is 0 Å². The molecule has 1 heterocycles. The molecule has 1 N–H and O–H groups in total. The third kappa shape index (κ3) is 2.28. The molecule has 1 saturated heterocycles. The van der Waals surface area contributed by atoms with Gasteiger partial charge in [-0.1, -0.05) is 32.0 Å². The standard InChI is InChI=1S/C14H19NO2/c1-9-5-6-11(7-10(9)2)12-14(3,4)8-17-13(16)15-12/h5-7,12H,8H2,1-4H3,(H,15,16)/t12-/m0/s1. The highest BCUT2D eigenvalue weighted by molar-refractivity contribution is 5.69. The molecule has 1 aliphatic heterocycles. The normalized spacial score (nSPS) is 22.8. The summed E-state index contributed by atoms with van der Waals surface area (Å²) >= 11 is 0. The van der Waals surface area contributed by atoms with E-state index in [9.17, 15) is 4.79 Å². The fraction of sp³-hybridized carbons (Fsp3) is 0.500. The first-order valence-corrected chi connectivity index (χ1v) is 5.90. The van der Waals surface area contributed by atoms with Gasteiger partial charge in [0.2, 0.25) is 0 Å². The summed E-state index contributed by atoms with van der Waals surface area (Å²) in [5.74, 6) is 0. The molecule has 3 nitrogen and oxygen atoms in total. The SMILES string of the molecule is Cc1ccc([C@@H]2NC(=O)OCC2(C)C)cc1C. The largest absolute Gasteiger partial charge is 0.449 e. The molecule has 0 saturated carbocycles. The van der Waals surface area contributed by atoms with Crippen LogP contribution in [0.25, 0.3) is 0 Å². The number of nitrogens with one attached hydrogen (secondary N) is 1. The Kier molecular flexibility index (Phi) is 2.86. The Balaban J connectivity index is 2.36. The summed E-state index contributed by atoms with van der Waals surface area (Å²) in [5, 5.41) is 2.91. The summed E-state index contributed by atoms with van der Waals surface area (Å²) in [7, 11) is 0. The van der Waals surface area contributed by atoms with E-state index in [1.807, 2.05) is 0 Å². The predicted molar refractivity (Wildman–Crippen MR) is 66.9 cm³/mol. The van der Waals surface area contributed by atoms with Crippen molar-refractivity contribution < 1.29 is 9.53 Å². The van der Waals surface area contributed by atoms with Crippen LogP contribution in [0.1, 0.15) is 36.6 Å². The van der Waals surface area contributed by atoms with Crippen LogP contribution in [0.15, 0.2) is 18.2 Å². The molecule has 0 unspecified atom stereocenters. The highest BCUT2D eigenvalue weighted by Crippen LogP contribution is 2.36. The van der Waals surface area contributed by atoms with Crippen LogP contribution < -0.4 is 5.32 Å². The van der Waals surface area contributed by atoms with Gasteiger partial charge in [-0.2, -0.15) is 0 Å². The maximum Gasteiger partial charge on any atom is 0.407 e. The van der Waals surface area contributed by atoms with Gasteiger partial charge in [-0.3, -0.25) is 0 Å². The molecular weight excluding hydrogens is 214 g/mol. The fourth-order valence-electron chi connectivity index (χ4n) is 2.17. The van der Waals surface area contributed by atoms with E-state index >= 15 is 0 Å². The van der Waals surface area contributed by atoms with Crippen molar-refractivity contribution in [3.05, 3.63) is 34.9 Å². The van der Waals surface area contributed by atoms with Crippen molar-refractivity contribution in [2.45, 2.75) is 33.7 Å². The van der Waals surface area contributed by atoms with Crippen molar-refractivity contribution in [1.29, 1.82) is 0 Å². The molecule has 1 fully saturated rings. The molecule has 0 aromatic heterocycles. The van der Waals surface area contributed by atoms with Crippen LogP contribution in [0.3, 0.4) is 0 Å². The van der Waals surface area contributed by atoms with Gasteiger partial charge < -0.3 is 10.1 Å². The summed E-state index contributed by atoms with van der Waals surface area (Å²) in [4.78, 5) is 11.4. The fourth-order valence-corrected chi connectivity index (χ4v) is 2.17. The van der Waals surface area contributed by atoms with E-state index in [4.69, 9.17) is 4.74 Å². The lowest BCUT2D eigenvalue weighted by Gasteiger charge is -2.38. The summed E-state index contributed by atoms with van der Waals surface area (Å²) in [6, 6.07) is 6.35. The number of rotatable bonds is 1. The van der Waals surface area contributed by atoms with Gasteiger partial charge in [0.15, 0.2) is 0 Å². The van der Waals surface area contributed by atoms with Crippen LogP contribution in [-0.4, -0.2) is 12.7 Å². The summed E-state index contributed by atoms with van der Waals surface area (Å²) in [6.07, 6.45) is -0.326. The minimum Gasteiger partial charge on any atom is -0.449 e. The number of aryl methyl sites for hydroxylation is 2. The Bertz CT molecular complexity index is 452. The molecule has 1 aromatic rings. The molecular formula is C14H19NO2. The van der Waals surface area contributed by atoms with Crippen molar-refractivity contribution in [2.75, 3.05) is 6.61 Å². The zero-order valence-electron chi connectivity index (χ0n) is 10.8. The zero-order chi connectivity index (χ0) is 12.6. The first-order valence-electron chi connectivity index (χ1n) is 5.90. The Morgan fingerprint density at radius 1 is 1.29 bits per heavy atom. The van der Waals surface area contributed by atoms with E-state index in [-0.39, 0.29) is 17.6 Å². The minimum atomic E-state index is -0.326. The molecule has 1 amide bonds. The van der Waals surface area contributed by atoms with Crippen molar-refractivity contribution in [1.82, 2.24) is 5.32 Å². The molecule has 3 heteroatoms. The monoisotopic (exact) mass is 233 g/mol. The number of hydrogen-bond donors (Lipinski definition) is 1. The lowest BCUT2D eigenvalue weighted by atomic mass is 9.80. The number of cyclic esters (lactones) is 1. The smallest absolute Gasteiger partial charge is 0.407 e. The number of hydrogen-bond acceptors (Lipinski definition) is 2. The third-order valence-corrected chi connectivity index (χ3v) is 3.48. The second kappa shape index (κ2) is 4.06. The van der Waals surface area contributed by atoms with Gasteiger partial charge in [0.05, 0.1) is 6.04 Å². The average Bonchev–Trinajstić information content (AvgIpc) is 2.26. The topological polar surface area (TPSA) is 38.3 Å². The van der Waals surface area contributed by atoms with Gasteiger partial charge in [0.25, 0.3) is 0 Å². The van der Waals surface area contributed by atoms with Gasteiger partial charge in [-0.15, -0.1) is 0 Å². The molecule has 0 aliphatic carbocycles. The number of benzene rings is 1. The maximum atomic E-state index is 11.4. The van der Waals surface area contributed by atoms with Crippen molar-refractivity contribution in [3.63, 3.8) is 0 Å². The lowest BCUT2D eigenvalue weighted by Crippen LogP contribution is -2.46. The predicted octanol–water partition coefficient (Wildman–Crippen LogP) is 3.11. The van der Waals surface area contributed by atoms with Gasteiger partial charge in [-0.25, -0.2) is 4.79 Å². The molecule has 0 bridgehead atoms. The molecule has 0 radical (unpaired) electrons. The van der Waals surface area contributed by atoms with Crippen molar-refractivity contribution in [3.8, 4) is 0 Å². The zero-order valence-corrected chi connectivity index (χ0v) is 10.8. The summed E-state index contributed by atoms with van der Waals surface area (Å²) in [6.45, 7) is 8.84. The Labute approximate surface area is 102 Å². The minimum absolute atomic E-state index is 0.0167. The lowest BCUT2D eigenvalue weighted by molar-refractivity contribution is 0.0387. The molecule has 1 atom stereocenters. The summed E-state index contributed by atoms with van der Waals surface area (Å²) < 4.78 is 5.05. The molecule has 1 aliphatic rings. The van der Waals surface area contributed by atoms with Crippen LogP contribution in [-0.2, 0) is 4.74 Å². The Hall–Kier alpha value is -1.51. The van der Waals surface area contributed by atoms with E-state index in [1.165, 1.54) is 11.1 Å². The Morgan fingerprint density at radius 2 is 2.00 bits per heavy atom. The number of carbonyl (C=O) groups is 1. The van der Waals surface area contributed by atoms with Crippen molar-refractivity contribution in [2.24, 2.45) is 5.41 Å². The highest BCUT2D eigenvalue weighted by Gasteiger charge is 2.37. The van der Waals surface area contributed by atoms with E-state index < -0.39 is 0 Å². The second-order valence-electron chi connectivity index (χ2n) is 5.49. The molecule has 2 rings (SSSR count). The summed E-state index contributed by atoms with van der Waals surface area (Å²) in [5.41, 5.74) is 3.58. The molecule has 92 valence electrons.